The summed E-state index contributed by atoms with van der Waals surface area (Å²) in [4.78, 5) is 18.3. The number of piperazine rings is 1. The number of carbonyl (C=O) groups is 1. The topological polar surface area (TPSA) is 47.0 Å². The zero-order valence-corrected chi connectivity index (χ0v) is 16.2. The molecule has 8 heteroatoms. The molecule has 0 spiro atoms. The molecule has 0 saturated carbocycles. The highest BCUT2D eigenvalue weighted by Gasteiger charge is 2.30. The summed E-state index contributed by atoms with van der Waals surface area (Å²) in [5.74, 6) is 0.225. The van der Waals surface area contributed by atoms with E-state index in [9.17, 15) is 23.1 Å². The number of carbonyl (C=O) groups excluding carboxylic acids is 1. The number of likely N-dealkylation sites (N-methyl/N-ethyl adjacent to an activating group) is 1. The van der Waals surface area contributed by atoms with Crippen molar-refractivity contribution in [1.29, 1.82) is 0 Å². The fourth-order valence-corrected chi connectivity index (χ4v) is 3.38. The number of hydrogen-bond acceptors (Lipinski definition) is 4. The van der Waals surface area contributed by atoms with Gasteiger partial charge in [0.2, 0.25) is 5.91 Å². The third-order valence-electron chi connectivity index (χ3n) is 4.99. The predicted molar refractivity (Wildman–Crippen MR) is 105 cm³/mol. The lowest BCUT2D eigenvalue weighted by Gasteiger charge is -2.36. The summed E-state index contributed by atoms with van der Waals surface area (Å²) >= 11 is 0. The van der Waals surface area contributed by atoms with Crippen LogP contribution in [0.15, 0.2) is 48.5 Å². The fourth-order valence-electron chi connectivity index (χ4n) is 3.38. The summed E-state index contributed by atoms with van der Waals surface area (Å²) in [6, 6.07) is 12.0. The average Bonchev–Trinajstić information content (AvgIpc) is 2.68. The number of alkyl halides is 3. The number of rotatable bonds is 5. The standard InChI is InChI=1S/C21H24F3N3O2/c1-25(14-16-2-4-17(5-3-16)21(22,23)24)15-20(29)27-12-10-26(11-13-27)18-6-8-19(28)9-7-18/h2-9,28H,10-15H2,1H3. The SMILES string of the molecule is CN(CC(=O)N1CCN(c2ccc(O)cc2)CC1)Cc1ccc(C(F)(F)F)cc1. The Hall–Kier alpha value is -2.74. The third kappa shape index (κ3) is 5.63. The normalized spacial score (nSPS) is 15.1. The molecular formula is C21H24F3N3O2. The van der Waals surface area contributed by atoms with E-state index in [0.29, 0.717) is 32.7 Å². The maximum absolute atomic E-state index is 12.6. The predicted octanol–water partition coefficient (Wildman–Crippen LogP) is 3.19. The van der Waals surface area contributed by atoms with Gasteiger partial charge in [0.25, 0.3) is 0 Å². The minimum atomic E-state index is -4.34. The summed E-state index contributed by atoms with van der Waals surface area (Å²) in [7, 11) is 1.78. The molecule has 1 heterocycles. The van der Waals surface area contributed by atoms with Gasteiger partial charge in [0.05, 0.1) is 12.1 Å². The molecule has 1 fully saturated rings. The van der Waals surface area contributed by atoms with Crippen molar-refractivity contribution in [3.05, 3.63) is 59.7 Å². The number of anilines is 1. The van der Waals surface area contributed by atoms with Crippen molar-refractivity contribution in [2.75, 3.05) is 44.7 Å². The van der Waals surface area contributed by atoms with Crippen LogP contribution in [0.25, 0.3) is 0 Å². The lowest BCUT2D eigenvalue weighted by Crippen LogP contribution is -2.51. The first kappa shape index (κ1) is 21.0. The van der Waals surface area contributed by atoms with Crippen LogP contribution in [0.5, 0.6) is 5.75 Å². The number of aromatic hydroxyl groups is 1. The van der Waals surface area contributed by atoms with E-state index < -0.39 is 11.7 Å². The zero-order chi connectivity index (χ0) is 21.0. The van der Waals surface area contributed by atoms with E-state index in [2.05, 4.69) is 4.90 Å². The molecule has 2 aromatic rings. The van der Waals surface area contributed by atoms with E-state index in [-0.39, 0.29) is 18.2 Å². The minimum absolute atomic E-state index is 0.00441. The van der Waals surface area contributed by atoms with Crippen molar-refractivity contribution in [3.8, 4) is 5.75 Å². The Bertz CT molecular complexity index is 815. The number of phenolic OH excluding ortho intramolecular Hbond substituents is 1. The number of hydrogen-bond donors (Lipinski definition) is 1. The molecule has 1 N–H and O–H groups in total. The molecule has 0 unspecified atom stereocenters. The number of halogens is 3. The Morgan fingerprint density at radius 1 is 1.00 bits per heavy atom. The Balaban J connectivity index is 1.47. The Kier molecular flexibility index (Phi) is 6.32. The van der Waals surface area contributed by atoms with Crippen LogP contribution in [-0.2, 0) is 17.5 Å². The van der Waals surface area contributed by atoms with Crippen molar-refractivity contribution >= 4 is 11.6 Å². The maximum Gasteiger partial charge on any atom is 0.416 e. The van der Waals surface area contributed by atoms with Crippen LogP contribution in [0.3, 0.4) is 0 Å². The lowest BCUT2D eigenvalue weighted by atomic mass is 10.1. The molecular weight excluding hydrogens is 383 g/mol. The van der Waals surface area contributed by atoms with Gasteiger partial charge in [-0.05, 0) is 49.0 Å². The third-order valence-corrected chi connectivity index (χ3v) is 4.99. The minimum Gasteiger partial charge on any atom is -0.508 e. The van der Waals surface area contributed by atoms with Gasteiger partial charge in [-0.2, -0.15) is 13.2 Å². The van der Waals surface area contributed by atoms with Crippen molar-refractivity contribution < 1.29 is 23.1 Å². The van der Waals surface area contributed by atoms with Gasteiger partial charge in [0.1, 0.15) is 5.75 Å². The first-order chi connectivity index (χ1) is 13.7. The summed E-state index contributed by atoms with van der Waals surface area (Å²) < 4.78 is 37.9. The molecule has 0 bridgehead atoms. The quantitative estimate of drug-likeness (QED) is 0.827. The van der Waals surface area contributed by atoms with E-state index in [0.717, 1.165) is 23.4 Å². The zero-order valence-electron chi connectivity index (χ0n) is 16.2. The smallest absolute Gasteiger partial charge is 0.416 e. The van der Waals surface area contributed by atoms with Gasteiger partial charge >= 0.3 is 6.18 Å². The van der Waals surface area contributed by atoms with Gasteiger partial charge in [0.15, 0.2) is 0 Å². The molecule has 156 valence electrons. The molecule has 0 radical (unpaired) electrons. The van der Waals surface area contributed by atoms with E-state index in [1.807, 2.05) is 12.1 Å². The van der Waals surface area contributed by atoms with E-state index >= 15 is 0 Å². The number of phenols is 1. The van der Waals surface area contributed by atoms with Gasteiger partial charge in [0, 0.05) is 38.4 Å². The molecule has 2 aromatic carbocycles. The Morgan fingerprint density at radius 3 is 2.14 bits per heavy atom. The molecule has 1 aliphatic rings. The van der Waals surface area contributed by atoms with Crippen LogP contribution in [0.1, 0.15) is 11.1 Å². The molecule has 1 aliphatic heterocycles. The van der Waals surface area contributed by atoms with E-state index in [1.165, 1.54) is 12.1 Å². The molecule has 5 nitrogen and oxygen atoms in total. The molecule has 0 atom stereocenters. The second-order valence-electron chi connectivity index (χ2n) is 7.25. The van der Waals surface area contributed by atoms with Crippen molar-refractivity contribution in [2.24, 2.45) is 0 Å². The van der Waals surface area contributed by atoms with Crippen LogP contribution in [0.2, 0.25) is 0 Å². The molecule has 0 aliphatic carbocycles. The summed E-state index contributed by atoms with van der Waals surface area (Å²) in [5.41, 5.74) is 1.06. The molecule has 0 aromatic heterocycles. The second kappa shape index (κ2) is 8.73. The van der Waals surface area contributed by atoms with Gasteiger partial charge < -0.3 is 14.9 Å². The molecule has 1 amide bonds. The van der Waals surface area contributed by atoms with E-state index in [1.54, 1.807) is 29.0 Å². The maximum atomic E-state index is 12.6. The highest BCUT2D eigenvalue weighted by molar-refractivity contribution is 5.78. The van der Waals surface area contributed by atoms with Crippen molar-refractivity contribution in [2.45, 2.75) is 12.7 Å². The first-order valence-corrected chi connectivity index (χ1v) is 9.39. The van der Waals surface area contributed by atoms with Crippen LogP contribution < -0.4 is 4.90 Å². The van der Waals surface area contributed by atoms with Gasteiger partial charge in [-0.25, -0.2) is 0 Å². The van der Waals surface area contributed by atoms with Crippen LogP contribution >= 0.6 is 0 Å². The van der Waals surface area contributed by atoms with Crippen LogP contribution in [0, 0.1) is 0 Å². The van der Waals surface area contributed by atoms with Crippen molar-refractivity contribution in [3.63, 3.8) is 0 Å². The highest BCUT2D eigenvalue weighted by Crippen LogP contribution is 2.29. The van der Waals surface area contributed by atoms with Crippen LogP contribution in [0.4, 0.5) is 18.9 Å². The van der Waals surface area contributed by atoms with Gasteiger partial charge in [-0.3, -0.25) is 9.69 Å². The molecule has 1 saturated heterocycles. The number of amides is 1. The fraction of sp³-hybridized carbons (Fsp3) is 0.381. The van der Waals surface area contributed by atoms with E-state index in [4.69, 9.17) is 0 Å². The van der Waals surface area contributed by atoms with Gasteiger partial charge in [-0.15, -0.1) is 0 Å². The number of benzene rings is 2. The summed E-state index contributed by atoms with van der Waals surface area (Å²) in [6.45, 7) is 3.23. The van der Waals surface area contributed by atoms with Gasteiger partial charge in [-0.1, -0.05) is 12.1 Å². The second-order valence-corrected chi connectivity index (χ2v) is 7.25. The Labute approximate surface area is 167 Å². The monoisotopic (exact) mass is 407 g/mol. The molecule has 3 rings (SSSR count). The summed E-state index contributed by atoms with van der Waals surface area (Å²) in [5, 5.41) is 9.38. The lowest BCUT2D eigenvalue weighted by molar-refractivity contribution is -0.137. The van der Waals surface area contributed by atoms with Crippen LogP contribution in [-0.4, -0.2) is 60.6 Å². The number of nitrogens with zero attached hydrogens (tertiary/aromatic N) is 3. The average molecular weight is 407 g/mol. The Morgan fingerprint density at radius 2 is 1.59 bits per heavy atom. The largest absolute Gasteiger partial charge is 0.508 e. The first-order valence-electron chi connectivity index (χ1n) is 9.39. The molecule has 29 heavy (non-hydrogen) atoms. The highest BCUT2D eigenvalue weighted by atomic mass is 19.4. The summed E-state index contributed by atoms with van der Waals surface area (Å²) in [6.07, 6.45) is -4.34. The van der Waals surface area contributed by atoms with Crippen molar-refractivity contribution in [1.82, 2.24) is 9.80 Å².